The van der Waals surface area contributed by atoms with Crippen molar-refractivity contribution in [1.82, 2.24) is 4.90 Å². The second-order valence-electron chi connectivity index (χ2n) is 10.0. The van der Waals surface area contributed by atoms with E-state index in [0.717, 1.165) is 33.0 Å². The normalized spacial score (nSPS) is 15.0. The fraction of sp³-hybridized carbons (Fsp3) is 0.111. The van der Waals surface area contributed by atoms with E-state index < -0.39 is 0 Å². The summed E-state index contributed by atoms with van der Waals surface area (Å²) in [5.41, 5.74) is 3.90. The molecule has 7 heteroatoms. The molecule has 1 fully saturated rings. The first-order valence-corrected chi connectivity index (χ1v) is 15.1. The molecular weight excluding hydrogens is 576 g/mol. The van der Waals surface area contributed by atoms with Gasteiger partial charge in [0.1, 0.15) is 6.61 Å². The highest BCUT2D eigenvalue weighted by molar-refractivity contribution is 8.18. The standard InChI is InChI=1S/C36H29ClN2O3S/c1-41-32-20-27(19-31(37)34(32)42-24-29-17-10-16-28-15-8-9-18-30(28)29)21-33-35(40)39(23-26-13-6-3-7-14-26)36(43-33)38-22-25-11-4-2-5-12-25/h2-21H,22-24H2,1H3/b33-21+,38-36?. The SMILES string of the molecule is COc1cc(/C=C2/SC(=NCc3ccccc3)N(Cc3ccccc3)C2=O)cc(Cl)c1OCc1cccc2ccccc12. The van der Waals surface area contributed by atoms with Crippen LogP contribution >= 0.6 is 23.4 Å². The first-order valence-electron chi connectivity index (χ1n) is 13.9. The number of hydrogen-bond acceptors (Lipinski definition) is 5. The number of hydrogen-bond donors (Lipinski definition) is 0. The van der Waals surface area contributed by atoms with Crippen LogP contribution in [0.5, 0.6) is 11.5 Å². The lowest BCUT2D eigenvalue weighted by molar-refractivity contribution is -0.122. The number of aliphatic imine (C=N–C) groups is 1. The maximum Gasteiger partial charge on any atom is 0.267 e. The number of nitrogens with zero attached hydrogens (tertiary/aromatic N) is 2. The van der Waals surface area contributed by atoms with Gasteiger partial charge in [-0.3, -0.25) is 14.7 Å². The number of halogens is 1. The Morgan fingerprint density at radius 3 is 2.33 bits per heavy atom. The number of carbonyl (C=O) groups is 1. The highest BCUT2D eigenvalue weighted by atomic mass is 35.5. The van der Waals surface area contributed by atoms with E-state index in [9.17, 15) is 4.79 Å². The van der Waals surface area contributed by atoms with Crippen molar-refractivity contribution in [1.29, 1.82) is 0 Å². The second kappa shape index (κ2) is 13.2. The molecule has 0 saturated carbocycles. The molecule has 1 amide bonds. The van der Waals surface area contributed by atoms with Gasteiger partial charge in [-0.25, -0.2) is 0 Å². The zero-order valence-corrected chi connectivity index (χ0v) is 25.1. The minimum Gasteiger partial charge on any atom is -0.493 e. The molecule has 1 heterocycles. The summed E-state index contributed by atoms with van der Waals surface area (Å²) in [6.07, 6.45) is 1.83. The molecule has 214 valence electrons. The highest BCUT2D eigenvalue weighted by Gasteiger charge is 2.33. The second-order valence-corrected chi connectivity index (χ2v) is 11.4. The van der Waals surface area contributed by atoms with Gasteiger partial charge in [-0.05, 0) is 63.0 Å². The topological polar surface area (TPSA) is 51.1 Å². The van der Waals surface area contributed by atoms with Crippen LogP contribution in [0.2, 0.25) is 5.02 Å². The van der Waals surface area contributed by atoms with Gasteiger partial charge in [-0.2, -0.15) is 0 Å². The molecule has 1 aliphatic heterocycles. The summed E-state index contributed by atoms with van der Waals surface area (Å²) in [6.45, 7) is 1.25. The van der Waals surface area contributed by atoms with E-state index in [0.29, 0.717) is 46.3 Å². The Balaban J connectivity index is 1.26. The molecule has 1 aliphatic rings. The largest absolute Gasteiger partial charge is 0.493 e. The summed E-state index contributed by atoms with van der Waals surface area (Å²) in [7, 11) is 1.58. The summed E-state index contributed by atoms with van der Waals surface area (Å²) >= 11 is 8.11. The van der Waals surface area contributed by atoms with E-state index in [1.165, 1.54) is 11.8 Å². The zero-order chi connectivity index (χ0) is 29.6. The van der Waals surface area contributed by atoms with Crippen molar-refractivity contribution in [2.24, 2.45) is 4.99 Å². The van der Waals surface area contributed by atoms with Gasteiger partial charge in [0.25, 0.3) is 5.91 Å². The fourth-order valence-electron chi connectivity index (χ4n) is 4.96. The van der Waals surface area contributed by atoms with Crippen molar-refractivity contribution < 1.29 is 14.3 Å². The Labute approximate surface area is 260 Å². The van der Waals surface area contributed by atoms with Gasteiger partial charge >= 0.3 is 0 Å². The van der Waals surface area contributed by atoms with Crippen molar-refractivity contribution >= 4 is 51.3 Å². The van der Waals surface area contributed by atoms with E-state index >= 15 is 0 Å². The zero-order valence-electron chi connectivity index (χ0n) is 23.6. The summed E-state index contributed by atoms with van der Waals surface area (Å²) in [4.78, 5) is 20.8. The molecular formula is C36H29ClN2O3S. The van der Waals surface area contributed by atoms with E-state index in [2.05, 4.69) is 18.2 Å². The number of rotatable bonds is 9. The lowest BCUT2D eigenvalue weighted by Crippen LogP contribution is -2.28. The summed E-state index contributed by atoms with van der Waals surface area (Å²) < 4.78 is 11.9. The molecule has 1 saturated heterocycles. The third-order valence-electron chi connectivity index (χ3n) is 7.11. The van der Waals surface area contributed by atoms with Gasteiger partial charge in [0.2, 0.25) is 0 Å². The van der Waals surface area contributed by atoms with Crippen LogP contribution < -0.4 is 9.47 Å². The van der Waals surface area contributed by atoms with Crippen molar-refractivity contribution in [3.63, 3.8) is 0 Å². The van der Waals surface area contributed by atoms with Crippen LogP contribution in [0.3, 0.4) is 0 Å². The third-order valence-corrected chi connectivity index (χ3v) is 8.44. The first kappa shape index (κ1) is 28.6. The quantitative estimate of drug-likeness (QED) is 0.158. The van der Waals surface area contributed by atoms with Crippen molar-refractivity contribution in [2.45, 2.75) is 19.7 Å². The monoisotopic (exact) mass is 604 g/mol. The summed E-state index contributed by atoms with van der Waals surface area (Å²) in [5, 5.41) is 3.34. The Morgan fingerprint density at radius 1 is 0.860 bits per heavy atom. The van der Waals surface area contributed by atoms with Gasteiger partial charge in [0.15, 0.2) is 16.7 Å². The Morgan fingerprint density at radius 2 is 1.56 bits per heavy atom. The molecule has 0 bridgehead atoms. The molecule has 0 aromatic heterocycles. The third kappa shape index (κ3) is 6.61. The summed E-state index contributed by atoms with van der Waals surface area (Å²) in [6, 6.07) is 37.9. The number of fused-ring (bicyclic) bond motifs is 1. The van der Waals surface area contributed by atoms with E-state index in [4.69, 9.17) is 26.1 Å². The van der Waals surface area contributed by atoms with Crippen LogP contribution in [-0.4, -0.2) is 23.1 Å². The van der Waals surface area contributed by atoms with Gasteiger partial charge < -0.3 is 9.47 Å². The predicted molar refractivity (Wildman–Crippen MR) is 176 cm³/mol. The number of thioether (sulfide) groups is 1. The smallest absolute Gasteiger partial charge is 0.267 e. The van der Waals surface area contributed by atoms with Crippen LogP contribution in [-0.2, 0) is 24.5 Å². The maximum absolute atomic E-state index is 13.7. The van der Waals surface area contributed by atoms with Gasteiger partial charge in [-0.15, -0.1) is 0 Å². The number of carbonyl (C=O) groups excluding carboxylic acids is 1. The molecule has 0 N–H and O–H groups in total. The molecule has 5 aromatic rings. The molecule has 0 unspecified atom stereocenters. The maximum atomic E-state index is 13.7. The lowest BCUT2D eigenvalue weighted by Gasteiger charge is -2.16. The Kier molecular flexibility index (Phi) is 8.77. The number of amidine groups is 1. The van der Waals surface area contributed by atoms with Crippen LogP contribution in [0.1, 0.15) is 22.3 Å². The molecule has 0 aliphatic carbocycles. The van der Waals surface area contributed by atoms with Crippen molar-refractivity contribution in [3.05, 3.63) is 147 Å². The predicted octanol–water partition coefficient (Wildman–Crippen LogP) is 8.75. The minimum atomic E-state index is -0.105. The molecule has 0 atom stereocenters. The van der Waals surface area contributed by atoms with E-state index in [1.807, 2.05) is 97.1 Å². The number of ether oxygens (including phenoxy) is 2. The Bertz CT molecular complexity index is 1820. The number of amides is 1. The van der Waals surface area contributed by atoms with E-state index in [1.54, 1.807) is 18.1 Å². The number of benzene rings is 5. The van der Waals surface area contributed by atoms with Gasteiger partial charge in [0.05, 0.1) is 30.1 Å². The lowest BCUT2D eigenvalue weighted by atomic mass is 10.1. The minimum absolute atomic E-state index is 0.105. The molecule has 43 heavy (non-hydrogen) atoms. The average Bonchev–Trinajstić information content (AvgIpc) is 3.33. The molecule has 0 radical (unpaired) electrons. The molecule has 5 aromatic carbocycles. The molecule has 6 rings (SSSR count). The Hall–Kier alpha value is -4.52. The van der Waals surface area contributed by atoms with Crippen LogP contribution in [0.25, 0.3) is 16.8 Å². The van der Waals surface area contributed by atoms with Crippen molar-refractivity contribution in [3.8, 4) is 11.5 Å². The number of methoxy groups -OCH3 is 1. The first-order chi connectivity index (χ1) is 21.1. The summed E-state index contributed by atoms with van der Waals surface area (Å²) in [5.74, 6) is 0.849. The van der Waals surface area contributed by atoms with Gasteiger partial charge in [-0.1, -0.05) is 115 Å². The van der Waals surface area contributed by atoms with E-state index in [-0.39, 0.29) is 5.91 Å². The average molecular weight is 605 g/mol. The highest BCUT2D eigenvalue weighted by Crippen LogP contribution is 2.40. The van der Waals surface area contributed by atoms with Gasteiger partial charge in [0, 0.05) is 0 Å². The van der Waals surface area contributed by atoms with Crippen LogP contribution in [0.4, 0.5) is 0 Å². The molecule has 5 nitrogen and oxygen atoms in total. The van der Waals surface area contributed by atoms with Crippen LogP contribution in [0.15, 0.2) is 125 Å². The van der Waals surface area contributed by atoms with Crippen molar-refractivity contribution in [2.75, 3.05) is 7.11 Å². The fourth-order valence-corrected chi connectivity index (χ4v) is 6.21. The van der Waals surface area contributed by atoms with Crippen LogP contribution in [0, 0.1) is 0 Å². The molecule has 0 spiro atoms.